The number of anilines is 2. The van der Waals surface area contributed by atoms with E-state index in [1.54, 1.807) is 6.92 Å². The number of quaternary nitrogens is 1. The van der Waals surface area contributed by atoms with Crippen LogP contribution in [0.2, 0.25) is 0 Å². The Morgan fingerprint density at radius 3 is 2.19 bits per heavy atom. The fourth-order valence-corrected chi connectivity index (χ4v) is 4.05. The molecule has 1 aliphatic heterocycles. The second-order valence-electron chi connectivity index (χ2n) is 7.98. The molecule has 0 atom stereocenters. The number of carbonyl (C=O) groups is 2. The molecule has 3 aromatic rings. The van der Waals surface area contributed by atoms with Crippen molar-refractivity contribution < 1.29 is 14.5 Å². The van der Waals surface area contributed by atoms with E-state index in [1.165, 1.54) is 4.90 Å². The molecule has 4 rings (SSSR count). The van der Waals surface area contributed by atoms with E-state index in [9.17, 15) is 9.59 Å². The number of para-hydroxylation sites is 1. The second-order valence-corrected chi connectivity index (χ2v) is 7.98. The van der Waals surface area contributed by atoms with Crippen molar-refractivity contribution in [1.82, 2.24) is 0 Å². The number of rotatable bonds is 6. The van der Waals surface area contributed by atoms with Gasteiger partial charge in [-0.3, -0.25) is 9.59 Å². The van der Waals surface area contributed by atoms with Gasteiger partial charge in [0.15, 0.2) is 12.3 Å². The monoisotopic (exact) mass is 414 g/mol. The van der Waals surface area contributed by atoms with Crippen LogP contribution in [0.3, 0.4) is 0 Å². The van der Waals surface area contributed by atoms with Crippen molar-refractivity contribution >= 4 is 23.1 Å². The molecule has 0 spiro atoms. The third-order valence-electron chi connectivity index (χ3n) is 5.81. The molecule has 1 aliphatic rings. The highest BCUT2D eigenvalue weighted by atomic mass is 16.2. The van der Waals surface area contributed by atoms with Crippen LogP contribution < -0.4 is 15.1 Å². The first kappa shape index (κ1) is 20.8. The summed E-state index contributed by atoms with van der Waals surface area (Å²) in [4.78, 5) is 27.8. The molecule has 0 saturated carbocycles. The Kier molecular flexibility index (Phi) is 6.43. The molecule has 1 amide bonds. The summed E-state index contributed by atoms with van der Waals surface area (Å²) in [7, 11) is 0. The van der Waals surface area contributed by atoms with Crippen molar-refractivity contribution in [3.05, 3.63) is 84.4 Å². The summed E-state index contributed by atoms with van der Waals surface area (Å²) >= 11 is 0. The number of piperazine rings is 1. The average Bonchev–Trinajstić information content (AvgIpc) is 2.80. The van der Waals surface area contributed by atoms with Gasteiger partial charge in [-0.25, -0.2) is 0 Å². The van der Waals surface area contributed by atoms with Crippen LogP contribution >= 0.6 is 0 Å². The van der Waals surface area contributed by atoms with Crippen LogP contribution in [-0.2, 0) is 4.79 Å². The number of carbonyl (C=O) groups excluding carboxylic acids is 2. The SMILES string of the molecule is CC(=O)c1ccc(N2CC[NH+](CC(=O)Nc3ccccc3-c3ccccc3)CC2)cc1. The van der Waals surface area contributed by atoms with Gasteiger partial charge >= 0.3 is 0 Å². The maximum Gasteiger partial charge on any atom is 0.279 e. The second kappa shape index (κ2) is 9.58. The number of nitrogens with zero attached hydrogens (tertiary/aromatic N) is 1. The Labute approximate surface area is 183 Å². The third kappa shape index (κ3) is 5.19. The van der Waals surface area contributed by atoms with Crippen LogP contribution in [-0.4, -0.2) is 44.4 Å². The standard InChI is InChI=1S/C26H27N3O2/c1-20(30)21-11-13-23(14-12-21)29-17-15-28(16-18-29)19-26(31)27-25-10-6-5-9-24(25)22-7-3-2-4-8-22/h2-14H,15-19H2,1H3,(H,27,31)/p+1. The van der Waals surface area contributed by atoms with Gasteiger partial charge in [0, 0.05) is 22.5 Å². The van der Waals surface area contributed by atoms with Crippen LogP contribution in [0.25, 0.3) is 11.1 Å². The maximum atomic E-state index is 12.7. The molecule has 0 aliphatic carbocycles. The summed E-state index contributed by atoms with van der Waals surface area (Å²) in [6.07, 6.45) is 0. The zero-order valence-corrected chi connectivity index (χ0v) is 17.8. The van der Waals surface area contributed by atoms with Crippen molar-refractivity contribution in [2.75, 3.05) is 42.9 Å². The maximum absolute atomic E-state index is 12.7. The van der Waals surface area contributed by atoms with Gasteiger partial charge in [0.1, 0.15) is 0 Å². The molecule has 5 nitrogen and oxygen atoms in total. The van der Waals surface area contributed by atoms with Gasteiger partial charge in [-0.05, 0) is 42.8 Å². The minimum Gasteiger partial charge on any atom is -0.360 e. The smallest absolute Gasteiger partial charge is 0.279 e. The minimum absolute atomic E-state index is 0.0395. The van der Waals surface area contributed by atoms with Gasteiger partial charge in [-0.15, -0.1) is 0 Å². The Morgan fingerprint density at radius 2 is 1.52 bits per heavy atom. The predicted molar refractivity (Wildman–Crippen MR) is 125 cm³/mol. The largest absolute Gasteiger partial charge is 0.360 e. The first-order valence-electron chi connectivity index (χ1n) is 10.7. The highest BCUT2D eigenvalue weighted by Gasteiger charge is 2.23. The Bertz CT molecular complexity index is 1040. The van der Waals surface area contributed by atoms with Crippen LogP contribution in [0.15, 0.2) is 78.9 Å². The van der Waals surface area contributed by atoms with Gasteiger partial charge in [0.05, 0.1) is 26.2 Å². The van der Waals surface area contributed by atoms with Gasteiger partial charge in [-0.2, -0.15) is 0 Å². The highest BCUT2D eigenvalue weighted by molar-refractivity contribution is 5.96. The number of hydrogen-bond donors (Lipinski definition) is 2. The fraction of sp³-hybridized carbons (Fsp3) is 0.231. The summed E-state index contributed by atoms with van der Waals surface area (Å²) in [5.41, 5.74) is 4.84. The molecule has 1 heterocycles. The molecule has 31 heavy (non-hydrogen) atoms. The summed E-state index contributed by atoms with van der Waals surface area (Å²) in [6.45, 7) is 5.64. The van der Waals surface area contributed by atoms with E-state index in [2.05, 4.69) is 22.3 Å². The highest BCUT2D eigenvalue weighted by Crippen LogP contribution is 2.27. The summed E-state index contributed by atoms with van der Waals surface area (Å²) in [5, 5.41) is 3.11. The zero-order chi connectivity index (χ0) is 21.6. The van der Waals surface area contributed by atoms with E-state index in [0.29, 0.717) is 6.54 Å². The lowest BCUT2D eigenvalue weighted by Gasteiger charge is -2.33. The molecule has 3 aromatic carbocycles. The molecular formula is C26H28N3O2+. The van der Waals surface area contributed by atoms with Crippen LogP contribution in [0.4, 0.5) is 11.4 Å². The molecule has 158 valence electrons. The van der Waals surface area contributed by atoms with Crippen molar-refractivity contribution in [3.63, 3.8) is 0 Å². The topological polar surface area (TPSA) is 53.9 Å². The molecule has 0 bridgehead atoms. The number of benzene rings is 3. The van der Waals surface area contributed by atoms with Gasteiger partial charge < -0.3 is 15.1 Å². The van der Waals surface area contributed by atoms with E-state index < -0.39 is 0 Å². The lowest BCUT2D eigenvalue weighted by atomic mass is 10.0. The lowest BCUT2D eigenvalue weighted by molar-refractivity contribution is -0.892. The molecule has 1 fully saturated rings. The number of amides is 1. The van der Waals surface area contributed by atoms with E-state index in [-0.39, 0.29) is 11.7 Å². The van der Waals surface area contributed by atoms with Gasteiger partial charge in [0.2, 0.25) is 0 Å². The molecular weight excluding hydrogens is 386 g/mol. The summed E-state index contributed by atoms with van der Waals surface area (Å²) in [6, 6.07) is 25.8. The van der Waals surface area contributed by atoms with Crippen LogP contribution in [0.1, 0.15) is 17.3 Å². The minimum atomic E-state index is 0.0395. The molecule has 1 saturated heterocycles. The van der Waals surface area contributed by atoms with E-state index in [4.69, 9.17) is 0 Å². The van der Waals surface area contributed by atoms with E-state index in [1.807, 2.05) is 66.7 Å². The predicted octanol–water partition coefficient (Wildman–Crippen LogP) is 2.90. The number of Topliss-reactive ketones (excluding diaryl/α,β-unsaturated/α-hetero) is 1. The van der Waals surface area contributed by atoms with E-state index in [0.717, 1.165) is 54.2 Å². The molecule has 0 unspecified atom stereocenters. The zero-order valence-electron chi connectivity index (χ0n) is 17.8. The number of nitrogens with one attached hydrogen (secondary N) is 2. The Balaban J connectivity index is 1.32. The molecule has 2 N–H and O–H groups in total. The fourth-order valence-electron chi connectivity index (χ4n) is 4.05. The van der Waals surface area contributed by atoms with Crippen molar-refractivity contribution in [2.24, 2.45) is 0 Å². The third-order valence-corrected chi connectivity index (χ3v) is 5.81. The summed E-state index contributed by atoms with van der Waals surface area (Å²) < 4.78 is 0. The quantitative estimate of drug-likeness (QED) is 0.610. The first-order valence-corrected chi connectivity index (χ1v) is 10.7. The number of ketones is 1. The Hall–Kier alpha value is -3.44. The lowest BCUT2D eigenvalue weighted by Crippen LogP contribution is -3.15. The average molecular weight is 415 g/mol. The number of hydrogen-bond acceptors (Lipinski definition) is 3. The molecule has 0 aromatic heterocycles. The van der Waals surface area contributed by atoms with Crippen molar-refractivity contribution in [3.8, 4) is 11.1 Å². The Morgan fingerprint density at radius 1 is 0.871 bits per heavy atom. The van der Waals surface area contributed by atoms with Gasteiger partial charge in [-0.1, -0.05) is 48.5 Å². The van der Waals surface area contributed by atoms with Crippen LogP contribution in [0.5, 0.6) is 0 Å². The van der Waals surface area contributed by atoms with E-state index >= 15 is 0 Å². The normalized spacial score (nSPS) is 14.3. The molecule has 5 heteroatoms. The van der Waals surface area contributed by atoms with Crippen LogP contribution in [0, 0.1) is 0 Å². The molecule has 0 radical (unpaired) electrons. The first-order chi connectivity index (χ1) is 15.1. The van der Waals surface area contributed by atoms with Crippen molar-refractivity contribution in [2.45, 2.75) is 6.92 Å². The summed E-state index contributed by atoms with van der Waals surface area (Å²) in [5.74, 6) is 0.123. The van der Waals surface area contributed by atoms with Gasteiger partial charge in [0.25, 0.3) is 5.91 Å². The van der Waals surface area contributed by atoms with Crippen molar-refractivity contribution in [1.29, 1.82) is 0 Å².